The van der Waals surface area contributed by atoms with Crippen molar-refractivity contribution in [2.75, 3.05) is 4.90 Å². The predicted octanol–water partition coefficient (Wildman–Crippen LogP) is 7.95. The van der Waals surface area contributed by atoms with Crippen LogP contribution in [0, 0.1) is 27.7 Å². The van der Waals surface area contributed by atoms with Gasteiger partial charge < -0.3 is 4.90 Å². The van der Waals surface area contributed by atoms with E-state index in [1.807, 2.05) is 12.3 Å². The average Bonchev–Trinajstić information content (AvgIpc) is 3.02. The first-order chi connectivity index (χ1) is 20.5. The van der Waals surface area contributed by atoms with Gasteiger partial charge in [-0.3, -0.25) is 4.98 Å². The molecule has 1 aromatic heterocycles. The van der Waals surface area contributed by atoms with Gasteiger partial charge in [0.1, 0.15) is 0 Å². The van der Waals surface area contributed by atoms with E-state index in [1.54, 1.807) is 0 Å². The third-order valence-electron chi connectivity index (χ3n) is 8.73. The monoisotopic (exact) mass is 540 g/mol. The number of anilines is 3. The molecule has 1 aliphatic heterocycles. The minimum Gasteiger partial charge on any atom is -0.310 e. The maximum Gasteiger partial charge on any atom is 0.247 e. The maximum absolute atomic E-state index is 4.94. The van der Waals surface area contributed by atoms with Gasteiger partial charge in [0.25, 0.3) is 0 Å². The number of fused-ring (bicyclic) bond motifs is 2. The zero-order chi connectivity index (χ0) is 28.8. The van der Waals surface area contributed by atoms with Gasteiger partial charge in [0.15, 0.2) is 0 Å². The second-order valence-corrected chi connectivity index (χ2v) is 11.4. The van der Waals surface area contributed by atoms with Crippen molar-refractivity contribution in [3.8, 4) is 22.4 Å². The lowest BCUT2D eigenvalue weighted by Gasteiger charge is -2.40. The Bertz CT molecular complexity index is 1890. The first-order valence-corrected chi connectivity index (χ1v) is 14.7. The summed E-state index contributed by atoms with van der Waals surface area (Å²) in [5.41, 5.74) is 17.3. The summed E-state index contributed by atoms with van der Waals surface area (Å²) < 4.78 is 0. The predicted molar refractivity (Wildman–Crippen MR) is 180 cm³/mol. The third-order valence-corrected chi connectivity index (χ3v) is 8.73. The van der Waals surface area contributed by atoms with Crippen LogP contribution in [-0.4, -0.2) is 11.7 Å². The van der Waals surface area contributed by atoms with Gasteiger partial charge >= 0.3 is 0 Å². The van der Waals surface area contributed by atoms with Gasteiger partial charge in [-0.2, -0.15) is 0 Å². The molecule has 0 fully saturated rings. The van der Waals surface area contributed by atoms with E-state index in [9.17, 15) is 0 Å². The van der Waals surface area contributed by atoms with Crippen LogP contribution in [-0.2, 0) is 0 Å². The van der Waals surface area contributed by atoms with E-state index in [0.717, 1.165) is 16.8 Å². The highest BCUT2D eigenvalue weighted by Crippen LogP contribution is 2.44. The topological polar surface area (TPSA) is 16.1 Å². The van der Waals surface area contributed by atoms with Gasteiger partial charge in [-0.25, -0.2) is 0 Å². The zero-order valence-corrected chi connectivity index (χ0v) is 24.6. The average molecular weight is 541 g/mol. The number of nitrogens with zero attached hydrogens (tertiary/aromatic N) is 2. The Morgan fingerprint density at radius 3 is 1.81 bits per heavy atom. The SMILES string of the molecule is Cc1cccc(C)c1B1c2ccccc2N(c2c(C)cccc2C)c2c1cccc2-c1ccc(-c2ccccc2)nc1. The normalized spacial score (nSPS) is 12.2. The fraction of sp³-hybridized carbons (Fsp3) is 0.103. The number of rotatable bonds is 4. The number of pyridine rings is 1. The van der Waals surface area contributed by atoms with Crippen molar-refractivity contribution < 1.29 is 0 Å². The van der Waals surface area contributed by atoms with Crippen molar-refractivity contribution in [1.82, 2.24) is 4.98 Å². The van der Waals surface area contributed by atoms with Gasteiger partial charge in [-0.05, 0) is 61.9 Å². The van der Waals surface area contributed by atoms with Crippen LogP contribution in [0.25, 0.3) is 22.4 Å². The van der Waals surface area contributed by atoms with E-state index in [4.69, 9.17) is 4.98 Å². The van der Waals surface area contributed by atoms with Crippen LogP contribution >= 0.6 is 0 Å². The van der Waals surface area contributed by atoms with E-state index >= 15 is 0 Å². The molecule has 0 spiro atoms. The molecule has 6 aromatic rings. The molecule has 0 aliphatic carbocycles. The minimum atomic E-state index is 0.120. The summed E-state index contributed by atoms with van der Waals surface area (Å²) in [5, 5.41) is 0. The maximum atomic E-state index is 4.94. The van der Waals surface area contributed by atoms with Crippen molar-refractivity contribution in [2.45, 2.75) is 27.7 Å². The fourth-order valence-electron chi connectivity index (χ4n) is 6.82. The Kier molecular flexibility index (Phi) is 6.51. The molecular weight excluding hydrogens is 507 g/mol. The highest BCUT2D eigenvalue weighted by atomic mass is 15.2. The summed E-state index contributed by atoms with van der Waals surface area (Å²) in [6, 6.07) is 43.8. The Hall–Kier alpha value is -4.89. The largest absolute Gasteiger partial charge is 0.310 e. The number of hydrogen-bond acceptors (Lipinski definition) is 2. The molecule has 3 heteroatoms. The first-order valence-electron chi connectivity index (χ1n) is 14.7. The molecule has 42 heavy (non-hydrogen) atoms. The molecule has 0 atom stereocenters. The van der Waals surface area contributed by atoms with Crippen molar-refractivity contribution >= 4 is 40.2 Å². The van der Waals surface area contributed by atoms with Crippen LogP contribution in [0.5, 0.6) is 0 Å². The zero-order valence-electron chi connectivity index (χ0n) is 24.6. The highest BCUT2D eigenvalue weighted by molar-refractivity contribution is 6.98. The van der Waals surface area contributed by atoms with E-state index in [1.165, 1.54) is 61.3 Å². The van der Waals surface area contributed by atoms with Crippen molar-refractivity contribution in [2.24, 2.45) is 0 Å². The molecule has 0 saturated carbocycles. The highest BCUT2D eigenvalue weighted by Gasteiger charge is 2.38. The molecule has 0 unspecified atom stereocenters. The van der Waals surface area contributed by atoms with Gasteiger partial charge in [0.2, 0.25) is 6.71 Å². The van der Waals surface area contributed by atoms with Crippen LogP contribution in [0.15, 0.2) is 128 Å². The van der Waals surface area contributed by atoms with E-state index in [2.05, 4.69) is 148 Å². The number of aromatic nitrogens is 1. The minimum absolute atomic E-state index is 0.120. The Labute approximate surface area is 249 Å². The summed E-state index contributed by atoms with van der Waals surface area (Å²) in [6.45, 7) is 9.06. The smallest absolute Gasteiger partial charge is 0.247 e. The summed E-state index contributed by atoms with van der Waals surface area (Å²) in [7, 11) is 0. The Morgan fingerprint density at radius 1 is 0.500 bits per heavy atom. The quantitative estimate of drug-likeness (QED) is 0.211. The van der Waals surface area contributed by atoms with E-state index in [-0.39, 0.29) is 6.71 Å². The van der Waals surface area contributed by atoms with Crippen LogP contribution in [0.4, 0.5) is 17.1 Å². The van der Waals surface area contributed by atoms with Gasteiger partial charge in [0.05, 0.1) is 11.4 Å². The summed E-state index contributed by atoms with van der Waals surface area (Å²) >= 11 is 0. The van der Waals surface area contributed by atoms with Gasteiger partial charge in [-0.1, -0.05) is 126 Å². The number of aryl methyl sites for hydroxylation is 4. The number of hydrogen-bond donors (Lipinski definition) is 0. The lowest BCUT2D eigenvalue weighted by Crippen LogP contribution is -2.58. The molecule has 7 rings (SSSR count). The molecule has 2 heterocycles. The van der Waals surface area contributed by atoms with Gasteiger partial charge in [0, 0.05) is 34.3 Å². The first kappa shape index (κ1) is 26.0. The van der Waals surface area contributed by atoms with Crippen LogP contribution in [0.3, 0.4) is 0 Å². The number of para-hydroxylation sites is 3. The fourth-order valence-corrected chi connectivity index (χ4v) is 6.82. The lowest BCUT2D eigenvalue weighted by molar-refractivity contribution is 1.22. The molecule has 2 nitrogen and oxygen atoms in total. The molecule has 1 aliphatic rings. The molecule has 0 amide bonds. The summed E-state index contributed by atoms with van der Waals surface area (Å²) in [6.07, 6.45) is 2.04. The molecule has 0 N–H and O–H groups in total. The summed E-state index contributed by atoms with van der Waals surface area (Å²) in [5.74, 6) is 0. The van der Waals surface area contributed by atoms with Crippen LogP contribution in [0.2, 0.25) is 0 Å². The molecule has 0 saturated heterocycles. The van der Waals surface area contributed by atoms with Crippen molar-refractivity contribution in [3.63, 3.8) is 0 Å². The molecular formula is C39H33BN2. The van der Waals surface area contributed by atoms with Crippen LogP contribution < -0.4 is 21.3 Å². The standard InChI is InChI=1S/C39H33BN2/c1-26-13-10-14-27(2)37(26)40-33-20-8-9-22-36(33)42(38-28(3)15-11-16-29(38)4)39-32(19-12-21-34(39)40)31-23-24-35(41-25-31)30-17-6-5-7-18-30/h5-25H,1-4H3. The molecule has 0 radical (unpaired) electrons. The van der Waals surface area contributed by atoms with Crippen LogP contribution in [0.1, 0.15) is 22.3 Å². The third kappa shape index (κ3) is 4.25. The van der Waals surface area contributed by atoms with E-state index < -0.39 is 0 Å². The van der Waals surface area contributed by atoms with Crippen molar-refractivity contribution in [3.05, 3.63) is 150 Å². The molecule has 202 valence electrons. The summed E-state index contributed by atoms with van der Waals surface area (Å²) in [4.78, 5) is 7.45. The van der Waals surface area contributed by atoms with Gasteiger partial charge in [-0.15, -0.1) is 0 Å². The molecule has 0 bridgehead atoms. The lowest BCUT2D eigenvalue weighted by atomic mass is 9.33. The molecule has 5 aromatic carbocycles. The Morgan fingerprint density at radius 2 is 1.12 bits per heavy atom. The second-order valence-electron chi connectivity index (χ2n) is 11.4. The Balaban J connectivity index is 1.53. The second kappa shape index (κ2) is 10.5. The van der Waals surface area contributed by atoms with E-state index in [0.29, 0.717) is 0 Å². The van der Waals surface area contributed by atoms with Crippen molar-refractivity contribution in [1.29, 1.82) is 0 Å². The number of benzene rings is 5.